The van der Waals surface area contributed by atoms with Gasteiger partial charge in [0.25, 0.3) is 0 Å². The van der Waals surface area contributed by atoms with E-state index in [1.54, 1.807) is 0 Å². The van der Waals surface area contributed by atoms with E-state index in [2.05, 4.69) is 38.2 Å². The van der Waals surface area contributed by atoms with Crippen molar-refractivity contribution < 1.29 is 14.7 Å². The van der Waals surface area contributed by atoms with Crippen LogP contribution in [0.25, 0.3) is 0 Å². The normalized spacial score (nSPS) is 11.2. The predicted octanol–water partition coefficient (Wildman–Crippen LogP) is 11.6. The second kappa shape index (κ2) is 36.8. The average molecular weight is 521 g/mol. The first-order chi connectivity index (χ1) is 18.2. The number of carboxylic acid groups (broad SMARTS) is 1. The lowest BCUT2D eigenvalue weighted by Crippen LogP contribution is -1.93. The van der Waals surface area contributed by atoms with Crippen LogP contribution in [0.2, 0.25) is 0 Å². The molecule has 0 fully saturated rings. The standard InChI is InChI=1S/C18H34O.C16H30O2/c1-2-3-4-5-6-7-8-9-10-11-12-13-14-15-16-17-18-19;1-2-3-4-5-6-7-8-9-10-11-12-13-14-15-16(17)18/h5-6,18H,2-4,7-17H2,1H3;6-7H,2-5,8-15H2,1H3,(H,17,18)/b6-5+;7-6-. The van der Waals surface area contributed by atoms with E-state index in [9.17, 15) is 9.59 Å². The molecule has 0 heterocycles. The third-order valence-corrected chi connectivity index (χ3v) is 6.74. The minimum absolute atomic E-state index is 0.334. The SMILES string of the molecule is CCCC/C=C/CCCCCCCCCCCC=O.CCCCC/C=C\CCCCCCCCC(=O)O. The molecule has 0 aliphatic carbocycles. The zero-order chi connectivity index (χ0) is 27.5. The van der Waals surface area contributed by atoms with Gasteiger partial charge in [0.2, 0.25) is 0 Å². The van der Waals surface area contributed by atoms with Crippen molar-refractivity contribution >= 4 is 12.3 Å². The summed E-state index contributed by atoms with van der Waals surface area (Å²) in [6, 6.07) is 0. The van der Waals surface area contributed by atoms with Gasteiger partial charge in [0.15, 0.2) is 0 Å². The van der Waals surface area contributed by atoms with Gasteiger partial charge in [-0.25, -0.2) is 0 Å². The first-order valence-corrected chi connectivity index (χ1v) is 16.1. The zero-order valence-corrected chi connectivity index (χ0v) is 25.0. The fourth-order valence-corrected chi connectivity index (χ4v) is 4.28. The van der Waals surface area contributed by atoms with Crippen LogP contribution in [-0.2, 0) is 9.59 Å². The third kappa shape index (κ3) is 42.0. The fraction of sp³-hybridized carbons (Fsp3) is 0.824. The lowest BCUT2D eigenvalue weighted by molar-refractivity contribution is -0.137. The summed E-state index contributed by atoms with van der Waals surface area (Å²) in [7, 11) is 0. The molecule has 0 rings (SSSR count). The summed E-state index contributed by atoms with van der Waals surface area (Å²) in [6.45, 7) is 4.48. The minimum atomic E-state index is -0.664. The highest BCUT2D eigenvalue weighted by Crippen LogP contribution is 2.12. The largest absolute Gasteiger partial charge is 0.481 e. The third-order valence-electron chi connectivity index (χ3n) is 6.74. The molecule has 0 aliphatic heterocycles. The van der Waals surface area contributed by atoms with E-state index in [-0.39, 0.29) is 0 Å². The van der Waals surface area contributed by atoms with Gasteiger partial charge in [-0.15, -0.1) is 0 Å². The van der Waals surface area contributed by atoms with E-state index in [0.29, 0.717) is 6.42 Å². The van der Waals surface area contributed by atoms with Crippen LogP contribution in [0.3, 0.4) is 0 Å². The average Bonchev–Trinajstić information content (AvgIpc) is 2.89. The van der Waals surface area contributed by atoms with Crippen LogP contribution in [0.1, 0.15) is 181 Å². The number of rotatable bonds is 28. The van der Waals surface area contributed by atoms with Crippen LogP contribution in [0, 0.1) is 0 Å². The van der Waals surface area contributed by atoms with E-state index in [0.717, 1.165) is 32.0 Å². The van der Waals surface area contributed by atoms with Crippen molar-refractivity contribution in [3.8, 4) is 0 Å². The van der Waals surface area contributed by atoms with Gasteiger partial charge >= 0.3 is 5.97 Å². The van der Waals surface area contributed by atoms with Gasteiger partial charge in [-0.2, -0.15) is 0 Å². The summed E-state index contributed by atoms with van der Waals surface area (Å²) in [6.07, 6.45) is 41.9. The first kappa shape index (κ1) is 37.8. The lowest BCUT2D eigenvalue weighted by atomic mass is 10.1. The van der Waals surface area contributed by atoms with Crippen LogP contribution in [-0.4, -0.2) is 17.4 Å². The van der Waals surface area contributed by atoms with Gasteiger partial charge < -0.3 is 9.90 Å². The molecule has 0 radical (unpaired) electrons. The predicted molar refractivity (Wildman–Crippen MR) is 163 cm³/mol. The van der Waals surface area contributed by atoms with Crippen molar-refractivity contribution in [2.45, 2.75) is 181 Å². The summed E-state index contributed by atoms with van der Waals surface area (Å²) < 4.78 is 0. The Balaban J connectivity index is 0. The van der Waals surface area contributed by atoms with Gasteiger partial charge in [0, 0.05) is 12.8 Å². The van der Waals surface area contributed by atoms with Gasteiger partial charge in [-0.05, 0) is 57.8 Å². The summed E-state index contributed by atoms with van der Waals surface area (Å²) in [5.41, 5.74) is 0. The lowest BCUT2D eigenvalue weighted by Gasteiger charge is -2.01. The molecule has 0 bridgehead atoms. The maximum absolute atomic E-state index is 10.3. The second-order valence-corrected chi connectivity index (χ2v) is 10.6. The van der Waals surface area contributed by atoms with Crippen molar-refractivity contribution in [2.75, 3.05) is 0 Å². The van der Waals surface area contributed by atoms with Crippen LogP contribution in [0.5, 0.6) is 0 Å². The molecule has 0 saturated heterocycles. The Kier molecular flexibility index (Phi) is 37.5. The summed E-state index contributed by atoms with van der Waals surface area (Å²) in [5, 5.41) is 8.48. The van der Waals surface area contributed by atoms with Crippen molar-refractivity contribution in [2.24, 2.45) is 0 Å². The Bertz CT molecular complexity index is 495. The zero-order valence-electron chi connectivity index (χ0n) is 25.0. The number of hydrogen-bond donors (Lipinski definition) is 1. The topological polar surface area (TPSA) is 54.4 Å². The smallest absolute Gasteiger partial charge is 0.303 e. The quantitative estimate of drug-likeness (QED) is 0.0634. The van der Waals surface area contributed by atoms with E-state index < -0.39 is 5.97 Å². The number of aliphatic carboxylic acids is 1. The number of carboxylic acids is 1. The van der Waals surface area contributed by atoms with Crippen LogP contribution < -0.4 is 0 Å². The Hall–Kier alpha value is -1.38. The van der Waals surface area contributed by atoms with Crippen LogP contribution in [0.4, 0.5) is 0 Å². The molecular weight excluding hydrogens is 456 g/mol. The Morgan fingerprint density at radius 1 is 0.459 bits per heavy atom. The van der Waals surface area contributed by atoms with Crippen molar-refractivity contribution in [1.82, 2.24) is 0 Å². The molecule has 37 heavy (non-hydrogen) atoms. The molecule has 0 aromatic rings. The summed E-state index contributed by atoms with van der Waals surface area (Å²) in [4.78, 5) is 20.4. The Morgan fingerprint density at radius 3 is 1.16 bits per heavy atom. The van der Waals surface area contributed by atoms with Gasteiger partial charge in [-0.1, -0.05) is 134 Å². The van der Waals surface area contributed by atoms with E-state index in [1.807, 2.05) is 0 Å². The Labute approximate surface area is 232 Å². The highest BCUT2D eigenvalue weighted by atomic mass is 16.4. The number of aldehydes is 1. The van der Waals surface area contributed by atoms with E-state index in [1.165, 1.54) is 135 Å². The van der Waals surface area contributed by atoms with Gasteiger partial charge in [0.1, 0.15) is 6.29 Å². The van der Waals surface area contributed by atoms with Crippen molar-refractivity contribution in [3.63, 3.8) is 0 Å². The van der Waals surface area contributed by atoms with Gasteiger partial charge in [0.05, 0.1) is 0 Å². The molecule has 0 saturated carbocycles. The molecule has 1 N–H and O–H groups in total. The van der Waals surface area contributed by atoms with Crippen LogP contribution >= 0.6 is 0 Å². The molecule has 0 aromatic carbocycles. The van der Waals surface area contributed by atoms with E-state index in [4.69, 9.17) is 5.11 Å². The van der Waals surface area contributed by atoms with Crippen molar-refractivity contribution in [1.29, 1.82) is 0 Å². The molecule has 0 amide bonds. The maximum atomic E-state index is 10.3. The molecule has 3 heteroatoms. The number of carbonyl (C=O) groups excluding carboxylic acids is 1. The summed E-state index contributed by atoms with van der Waals surface area (Å²) in [5.74, 6) is -0.664. The highest BCUT2D eigenvalue weighted by molar-refractivity contribution is 5.66. The molecule has 3 nitrogen and oxygen atoms in total. The highest BCUT2D eigenvalue weighted by Gasteiger charge is 1.96. The molecule has 218 valence electrons. The number of allylic oxidation sites excluding steroid dienone is 4. The number of carbonyl (C=O) groups is 2. The number of hydrogen-bond acceptors (Lipinski definition) is 2. The molecular formula is C34H64O3. The van der Waals surface area contributed by atoms with E-state index >= 15 is 0 Å². The first-order valence-electron chi connectivity index (χ1n) is 16.1. The Morgan fingerprint density at radius 2 is 0.784 bits per heavy atom. The molecule has 0 aromatic heterocycles. The van der Waals surface area contributed by atoms with Crippen LogP contribution in [0.15, 0.2) is 24.3 Å². The molecule has 0 spiro atoms. The maximum Gasteiger partial charge on any atom is 0.303 e. The second-order valence-electron chi connectivity index (χ2n) is 10.6. The molecule has 0 aliphatic rings. The monoisotopic (exact) mass is 520 g/mol. The fourth-order valence-electron chi connectivity index (χ4n) is 4.28. The number of unbranched alkanes of at least 4 members (excludes halogenated alkanes) is 21. The summed E-state index contributed by atoms with van der Waals surface area (Å²) >= 11 is 0. The minimum Gasteiger partial charge on any atom is -0.481 e. The van der Waals surface area contributed by atoms with Gasteiger partial charge in [-0.3, -0.25) is 4.79 Å². The molecule has 0 unspecified atom stereocenters. The molecule has 0 atom stereocenters. The van der Waals surface area contributed by atoms with Crippen molar-refractivity contribution in [3.05, 3.63) is 24.3 Å².